The van der Waals surface area contributed by atoms with E-state index >= 15 is 0 Å². The Balaban J connectivity index is 3.00. The Morgan fingerprint density at radius 3 is 2.56 bits per heavy atom. The van der Waals surface area contributed by atoms with Gasteiger partial charge in [0.1, 0.15) is 0 Å². The second-order valence-corrected chi connectivity index (χ2v) is 4.15. The normalized spacial score (nSPS) is 13.9. The van der Waals surface area contributed by atoms with Gasteiger partial charge in [0.15, 0.2) is 0 Å². The number of rotatable bonds is 4. The number of hydrogen-bond acceptors (Lipinski definition) is 2. The van der Waals surface area contributed by atoms with Crippen molar-refractivity contribution < 1.29 is 13.9 Å². The second-order valence-electron chi connectivity index (χ2n) is 3.74. The van der Waals surface area contributed by atoms with Gasteiger partial charge >= 0.3 is 0 Å². The van der Waals surface area contributed by atoms with Crippen molar-refractivity contribution in [3.8, 4) is 0 Å². The van der Waals surface area contributed by atoms with Crippen LogP contribution in [0.3, 0.4) is 0 Å². The number of aliphatic hydroxyl groups excluding tert-OH is 1. The molecule has 0 aliphatic heterocycles. The van der Waals surface area contributed by atoms with Crippen LogP contribution in [0, 0.1) is 0 Å². The predicted molar refractivity (Wildman–Crippen MR) is 59.7 cm³/mol. The van der Waals surface area contributed by atoms with Crippen molar-refractivity contribution in [3.63, 3.8) is 0 Å². The van der Waals surface area contributed by atoms with Crippen LogP contribution < -0.4 is 5.73 Å². The van der Waals surface area contributed by atoms with Gasteiger partial charge in [-0.05, 0) is 18.1 Å². The number of benzene rings is 1. The summed E-state index contributed by atoms with van der Waals surface area (Å²) in [7, 11) is 0. The smallest absolute Gasteiger partial charge is 0.270 e. The van der Waals surface area contributed by atoms with Crippen molar-refractivity contribution in [1.82, 2.24) is 0 Å². The van der Waals surface area contributed by atoms with E-state index < -0.39 is 12.0 Å². The molecule has 0 aliphatic carbocycles. The maximum Gasteiger partial charge on any atom is 0.270 e. The van der Waals surface area contributed by atoms with Crippen molar-refractivity contribution in [1.29, 1.82) is 0 Å². The van der Waals surface area contributed by atoms with Crippen molar-refractivity contribution in [2.75, 3.05) is 6.61 Å². The quantitative estimate of drug-likeness (QED) is 0.862. The van der Waals surface area contributed by atoms with E-state index in [-0.39, 0.29) is 17.2 Å². The minimum Gasteiger partial charge on any atom is -0.396 e. The molecule has 1 atom stereocenters. The molecule has 0 aliphatic rings. The first kappa shape index (κ1) is 13.4. The summed E-state index contributed by atoms with van der Waals surface area (Å²) in [5.41, 5.74) is 6.17. The summed E-state index contributed by atoms with van der Waals surface area (Å²) >= 11 is 5.87. The van der Waals surface area contributed by atoms with Crippen LogP contribution in [0.5, 0.6) is 0 Å². The average molecular weight is 250 g/mol. The fraction of sp³-hybridized carbons (Fsp3) is 0.455. The molecule has 0 saturated carbocycles. The molecule has 90 valence electrons. The van der Waals surface area contributed by atoms with E-state index in [0.717, 1.165) is 6.92 Å². The van der Waals surface area contributed by atoms with Gasteiger partial charge in [-0.2, -0.15) is 0 Å². The highest BCUT2D eigenvalue weighted by Crippen LogP contribution is 2.32. The zero-order valence-corrected chi connectivity index (χ0v) is 9.64. The van der Waals surface area contributed by atoms with Gasteiger partial charge in [0.2, 0.25) is 0 Å². The zero-order valence-electron chi connectivity index (χ0n) is 8.88. The summed E-state index contributed by atoms with van der Waals surface area (Å²) in [5, 5.41) is 8.94. The first-order valence-corrected chi connectivity index (χ1v) is 5.28. The minimum atomic E-state index is -2.91. The van der Waals surface area contributed by atoms with Gasteiger partial charge < -0.3 is 10.8 Å². The zero-order chi connectivity index (χ0) is 12.3. The van der Waals surface area contributed by atoms with E-state index in [1.807, 2.05) is 0 Å². The third-order valence-electron chi connectivity index (χ3n) is 2.35. The van der Waals surface area contributed by atoms with Crippen LogP contribution in [-0.4, -0.2) is 11.7 Å². The Bertz CT molecular complexity index is 365. The Morgan fingerprint density at radius 1 is 1.50 bits per heavy atom. The molecular weight excluding hydrogens is 236 g/mol. The standard InChI is InChI=1S/C11H14ClF2NO/c1-11(13,14)7-2-3-8(9(12)6-7)10(15)4-5-16/h2-3,6,10,16H,4-5,15H2,1H3. The average Bonchev–Trinajstić information content (AvgIpc) is 2.16. The van der Waals surface area contributed by atoms with E-state index in [0.29, 0.717) is 12.0 Å². The summed E-state index contributed by atoms with van der Waals surface area (Å²) in [4.78, 5) is 0. The molecule has 1 aromatic carbocycles. The number of hydrogen-bond donors (Lipinski definition) is 2. The molecule has 1 rings (SSSR count). The van der Waals surface area contributed by atoms with E-state index in [9.17, 15) is 8.78 Å². The Kier molecular flexibility index (Phi) is 4.24. The van der Waals surface area contributed by atoms with Gasteiger partial charge in [-0.15, -0.1) is 0 Å². The summed E-state index contributed by atoms with van der Waals surface area (Å²) in [5.74, 6) is -2.91. The highest BCUT2D eigenvalue weighted by atomic mass is 35.5. The lowest BCUT2D eigenvalue weighted by atomic mass is 10.0. The van der Waals surface area contributed by atoms with E-state index in [1.165, 1.54) is 18.2 Å². The molecule has 0 saturated heterocycles. The van der Waals surface area contributed by atoms with Crippen molar-refractivity contribution in [2.45, 2.75) is 25.3 Å². The van der Waals surface area contributed by atoms with Gasteiger partial charge in [0.25, 0.3) is 5.92 Å². The van der Waals surface area contributed by atoms with Gasteiger partial charge in [-0.1, -0.05) is 23.7 Å². The molecule has 3 N–H and O–H groups in total. The molecule has 0 radical (unpaired) electrons. The largest absolute Gasteiger partial charge is 0.396 e. The molecule has 1 unspecified atom stereocenters. The van der Waals surface area contributed by atoms with Crippen LogP contribution >= 0.6 is 11.6 Å². The molecule has 0 spiro atoms. The maximum atomic E-state index is 13.0. The number of aliphatic hydroxyl groups is 1. The summed E-state index contributed by atoms with van der Waals surface area (Å²) < 4.78 is 26.0. The lowest BCUT2D eigenvalue weighted by Crippen LogP contribution is -2.14. The second kappa shape index (κ2) is 5.08. The monoisotopic (exact) mass is 249 g/mol. The number of alkyl halides is 2. The Morgan fingerprint density at radius 2 is 2.12 bits per heavy atom. The SMILES string of the molecule is CC(F)(F)c1ccc(C(N)CCO)c(Cl)c1. The first-order chi connectivity index (χ1) is 7.36. The van der Waals surface area contributed by atoms with Gasteiger partial charge in [-0.3, -0.25) is 0 Å². The van der Waals surface area contributed by atoms with Crippen molar-refractivity contribution in [3.05, 3.63) is 34.3 Å². The first-order valence-electron chi connectivity index (χ1n) is 4.90. The Labute approximate surface area is 98.0 Å². The van der Waals surface area contributed by atoms with Gasteiger partial charge in [0, 0.05) is 30.2 Å². The topological polar surface area (TPSA) is 46.2 Å². The van der Waals surface area contributed by atoms with E-state index in [2.05, 4.69) is 0 Å². The van der Waals surface area contributed by atoms with Crippen molar-refractivity contribution >= 4 is 11.6 Å². The minimum absolute atomic E-state index is 0.0663. The highest BCUT2D eigenvalue weighted by Gasteiger charge is 2.25. The van der Waals surface area contributed by atoms with Crippen LogP contribution in [0.2, 0.25) is 5.02 Å². The Hall–Kier alpha value is -0.710. The van der Waals surface area contributed by atoms with Crippen LogP contribution in [-0.2, 0) is 5.92 Å². The fourth-order valence-electron chi connectivity index (χ4n) is 1.40. The molecule has 1 aromatic rings. The summed E-state index contributed by atoms with van der Waals surface area (Å²) in [6.45, 7) is 0.745. The van der Waals surface area contributed by atoms with Gasteiger partial charge in [-0.25, -0.2) is 8.78 Å². The third-order valence-corrected chi connectivity index (χ3v) is 2.67. The van der Waals surface area contributed by atoms with Crippen molar-refractivity contribution in [2.24, 2.45) is 5.73 Å². The molecule has 0 bridgehead atoms. The lowest BCUT2D eigenvalue weighted by molar-refractivity contribution is 0.0174. The molecule has 5 heteroatoms. The van der Waals surface area contributed by atoms with Crippen LogP contribution in [0.1, 0.15) is 30.5 Å². The molecule has 0 aromatic heterocycles. The number of nitrogens with two attached hydrogens (primary N) is 1. The summed E-state index contributed by atoms with van der Waals surface area (Å²) in [6, 6.07) is 3.57. The molecule has 0 amide bonds. The highest BCUT2D eigenvalue weighted by molar-refractivity contribution is 6.31. The molecule has 0 heterocycles. The molecule has 16 heavy (non-hydrogen) atoms. The maximum absolute atomic E-state index is 13.0. The van der Waals surface area contributed by atoms with E-state index in [4.69, 9.17) is 22.4 Å². The predicted octanol–water partition coefficient (Wildman–Crippen LogP) is 2.83. The summed E-state index contributed by atoms with van der Waals surface area (Å²) in [6.07, 6.45) is 0.349. The van der Waals surface area contributed by atoms with E-state index in [1.54, 1.807) is 0 Å². The van der Waals surface area contributed by atoms with Crippen LogP contribution in [0.15, 0.2) is 18.2 Å². The third kappa shape index (κ3) is 3.14. The molecular formula is C11H14ClF2NO. The lowest BCUT2D eigenvalue weighted by Gasteiger charge is -2.16. The van der Waals surface area contributed by atoms with Crippen LogP contribution in [0.4, 0.5) is 8.78 Å². The molecule has 0 fully saturated rings. The van der Waals surface area contributed by atoms with Gasteiger partial charge in [0.05, 0.1) is 0 Å². The fourth-order valence-corrected chi connectivity index (χ4v) is 1.72. The van der Waals surface area contributed by atoms with Crippen LogP contribution in [0.25, 0.3) is 0 Å². The number of halogens is 3. The molecule has 2 nitrogen and oxygen atoms in total.